The molecule has 7 heteroatoms. The van der Waals surface area contributed by atoms with Crippen LogP contribution < -0.4 is 10.2 Å². The Balaban J connectivity index is 1.92. The number of aromatic nitrogens is 1. The highest BCUT2D eigenvalue weighted by molar-refractivity contribution is 6.37. The van der Waals surface area contributed by atoms with Gasteiger partial charge in [0.05, 0.1) is 10.5 Å². The SMILES string of the molecule is FC(F)(F)c1c(Cl)c2c(N3CCNCC3)cccc2n1Cc1ccccc1. The molecule has 2 aromatic carbocycles. The number of nitrogens with zero attached hydrogens (tertiary/aromatic N) is 2. The predicted octanol–water partition coefficient (Wildman–Crippen LogP) is 4.77. The number of rotatable bonds is 3. The second-order valence-electron chi connectivity index (χ2n) is 6.64. The van der Waals surface area contributed by atoms with Crippen LogP contribution >= 0.6 is 11.6 Å². The van der Waals surface area contributed by atoms with Gasteiger partial charge in [0.2, 0.25) is 0 Å². The minimum Gasteiger partial charge on any atom is -0.368 e. The lowest BCUT2D eigenvalue weighted by Gasteiger charge is -2.30. The second kappa shape index (κ2) is 7.09. The summed E-state index contributed by atoms with van der Waals surface area (Å²) < 4.78 is 43.0. The topological polar surface area (TPSA) is 20.2 Å². The Morgan fingerprint density at radius 1 is 0.963 bits per heavy atom. The minimum atomic E-state index is -4.54. The monoisotopic (exact) mass is 393 g/mol. The second-order valence-corrected chi connectivity index (χ2v) is 7.02. The third kappa shape index (κ3) is 3.39. The summed E-state index contributed by atoms with van der Waals surface area (Å²) in [5, 5.41) is 3.52. The van der Waals surface area contributed by atoms with Crippen molar-refractivity contribution < 1.29 is 13.2 Å². The van der Waals surface area contributed by atoms with Crippen molar-refractivity contribution in [1.29, 1.82) is 0 Å². The number of benzene rings is 2. The first-order chi connectivity index (χ1) is 13.0. The summed E-state index contributed by atoms with van der Waals surface area (Å²) in [6.07, 6.45) is -4.54. The van der Waals surface area contributed by atoms with Crippen LogP contribution in [0, 0.1) is 0 Å². The van der Waals surface area contributed by atoms with Gasteiger partial charge < -0.3 is 14.8 Å². The van der Waals surface area contributed by atoms with Crippen LogP contribution in [0.15, 0.2) is 48.5 Å². The number of halogens is 4. The lowest BCUT2D eigenvalue weighted by molar-refractivity contribution is -0.143. The van der Waals surface area contributed by atoms with Crippen LogP contribution in [0.25, 0.3) is 10.9 Å². The van der Waals surface area contributed by atoms with E-state index >= 15 is 0 Å². The zero-order chi connectivity index (χ0) is 19.0. The van der Waals surface area contributed by atoms with Crippen LogP contribution in [-0.2, 0) is 12.7 Å². The largest absolute Gasteiger partial charge is 0.432 e. The molecule has 0 unspecified atom stereocenters. The third-order valence-corrected chi connectivity index (χ3v) is 5.29. The minimum absolute atomic E-state index is 0.115. The molecule has 2 heterocycles. The van der Waals surface area contributed by atoms with Crippen molar-refractivity contribution in [2.75, 3.05) is 31.1 Å². The molecule has 0 aliphatic carbocycles. The van der Waals surface area contributed by atoms with E-state index in [4.69, 9.17) is 11.6 Å². The lowest BCUT2D eigenvalue weighted by atomic mass is 10.1. The summed E-state index contributed by atoms with van der Waals surface area (Å²) in [4.78, 5) is 2.09. The lowest BCUT2D eigenvalue weighted by Crippen LogP contribution is -2.43. The molecular formula is C20H19ClF3N3. The molecule has 1 aliphatic rings. The van der Waals surface area contributed by atoms with E-state index in [0.29, 0.717) is 10.9 Å². The third-order valence-electron chi connectivity index (χ3n) is 4.92. The van der Waals surface area contributed by atoms with E-state index in [0.717, 1.165) is 37.4 Å². The number of fused-ring (bicyclic) bond motifs is 1. The Morgan fingerprint density at radius 2 is 1.67 bits per heavy atom. The number of hydrogen-bond donors (Lipinski definition) is 1. The first-order valence-electron chi connectivity index (χ1n) is 8.84. The van der Waals surface area contributed by atoms with E-state index in [1.54, 1.807) is 12.1 Å². The van der Waals surface area contributed by atoms with Crippen LogP contribution in [-0.4, -0.2) is 30.7 Å². The normalized spacial score (nSPS) is 15.5. The van der Waals surface area contributed by atoms with E-state index in [1.807, 2.05) is 36.4 Å². The maximum Gasteiger partial charge on any atom is 0.432 e. The van der Waals surface area contributed by atoms with Gasteiger partial charge >= 0.3 is 6.18 Å². The molecule has 1 N–H and O–H groups in total. The number of alkyl halides is 3. The fraction of sp³-hybridized carbons (Fsp3) is 0.300. The molecule has 4 rings (SSSR count). The molecular weight excluding hydrogens is 375 g/mol. The summed E-state index contributed by atoms with van der Waals surface area (Å²) in [7, 11) is 0. The zero-order valence-corrected chi connectivity index (χ0v) is 15.3. The van der Waals surface area contributed by atoms with Crippen LogP contribution in [0.1, 0.15) is 11.3 Å². The molecule has 0 saturated carbocycles. The fourth-order valence-corrected chi connectivity index (χ4v) is 4.12. The molecule has 1 aromatic heterocycles. The predicted molar refractivity (Wildman–Crippen MR) is 103 cm³/mol. The van der Waals surface area contributed by atoms with Gasteiger partial charge in [0.1, 0.15) is 5.69 Å². The molecule has 1 aliphatic heterocycles. The van der Waals surface area contributed by atoms with Crippen molar-refractivity contribution in [3.05, 3.63) is 64.8 Å². The molecule has 3 aromatic rings. The van der Waals surface area contributed by atoms with Gasteiger partial charge in [-0.3, -0.25) is 0 Å². The molecule has 0 amide bonds. The van der Waals surface area contributed by atoms with Crippen molar-refractivity contribution in [3.8, 4) is 0 Å². The molecule has 0 atom stereocenters. The maximum atomic E-state index is 13.9. The Kier molecular flexibility index (Phi) is 4.78. The van der Waals surface area contributed by atoms with Gasteiger partial charge in [-0.15, -0.1) is 0 Å². The van der Waals surface area contributed by atoms with Crippen molar-refractivity contribution in [2.24, 2.45) is 0 Å². The standard InChI is InChI=1S/C20H19ClF3N3/c21-18-17-15(26-11-9-25-10-12-26)7-4-8-16(17)27(19(18)20(22,23)24)13-14-5-2-1-3-6-14/h1-8,25H,9-13H2. The Morgan fingerprint density at radius 3 is 2.33 bits per heavy atom. The summed E-state index contributed by atoms with van der Waals surface area (Å²) in [6, 6.07) is 14.5. The van der Waals surface area contributed by atoms with Gasteiger partial charge in [-0.25, -0.2) is 0 Å². The number of nitrogens with one attached hydrogen (secondary N) is 1. The van der Waals surface area contributed by atoms with E-state index in [1.165, 1.54) is 4.57 Å². The molecule has 3 nitrogen and oxygen atoms in total. The van der Waals surface area contributed by atoms with Crippen LogP contribution in [0.5, 0.6) is 0 Å². The molecule has 0 spiro atoms. The zero-order valence-electron chi connectivity index (χ0n) is 14.6. The Labute approximate surface area is 160 Å². The van der Waals surface area contributed by atoms with Gasteiger partial charge in [-0.05, 0) is 17.7 Å². The van der Waals surface area contributed by atoms with E-state index < -0.39 is 11.9 Å². The quantitative estimate of drug-likeness (QED) is 0.691. The highest BCUT2D eigenvalue weighted by atomic mass is 35.5. The van der Waals surface area contributed by atoms with Gasteiger partial charge in [0.15, 0.2) is 0 Å². The first-order valence-corrected chi connectivity index (χ1v) is 9.22. The van der Waals surface area contributed by atoms with E-state index in [2.05, 4.69) is 10.2 Å². The summed E-state index contributed by atoms with van der Waals surface area (Å²) >= 11 is 6.35. The average molecular weight is 394 g/mol. The molecule has 0 bridgehead atoms. The molecule has 1 fully saturated rings. The van der Waals surface area contributed by atoms with Crippen molar-refractivity contribution >= 4 is 28.2 Å². The molecule has 27 heavy (non-hydrogen) atoms. The van der Waals surface area contributed by atoms with E-state index in [-0.39, 0.29) is 11.6 Å². The van der Waals surface area contributed by atoms with Gasteiger partial charge in [0.25, 0.3) is 0 Å². The van der Waals surface area contributed by atoms with Crippen LogP contribution in [0.4, 0.5) is 18.9 Å². The van der Waals surface area contributed by atoms with E-state index in [9.17, 15) is 13.2 Å². The Bertz CT molecular complexity index is 945. The highest BCUT2D eigenvalue weighted by Crippen LogP contribution is 2.44. The first kappa shape index (κ1) is 18.2. The molecule has 0 radical (unpaired) electrons. The summed E-state index contributed by atoms with van der Waals surface area (Å²) in [6.45, 7) is 3.18. The van der Waals surface area contributed by atoms with Crippen LogP contribution in [0.3, 0.4) is 0 Å². The summed E-state index contributed by atoms with van der Waals surface area (Å²) in [5.41, 5.74) is 1.28. The smallest absolute Gasteiger partial charge is 0.368 e. The van der Waals surface area contributed by atoms with Gasteiger partial charge in [-0.1, -0.05) is 48.0 Å². The summed E-state index contributed by atoms with van der Waals surface area (Å²) in [5.74, 6) is 0. The van der Waals surface area contributed by atoms with Crippen molar-refractivity contribution in [2.45, 2.75) is 12.7 Å². The average Bonchev–Trinajstić information content (AvgIpc) is 2.95. The van der Waals surface area contributed by atoms with Gasteiger partial charge in [-0.2, -0.15) is 13.2 Å². The van der Waals surface area contributed by atoms with Gasteiger partial charge in [0, 0.05) is 43.8 Å². The highest BCUT2D eigenvalue weighted by Gasteiger charge is 2.39. The number of hydrogen-bond acceptors (Lipinski definition) is 2. The number of piperazine rings is 1. The number of anilines is 1. The fourth-order valence-electron chi connectivity index (χ4n) is 3.71. The van der Waals surface area contributed by atoms with Crippen molar-refractivity contribution in [1.82, 2.24) is 9.88 Å². The Hall–Kier alpha value is -2.18. The van der Waals surface area contributed by atoms with Crippen molar-refractivity contribution in [3.63, 3.8) is 0 Å². The molecule has 1 saturated heterocycles. The maximum absolute atomic E-state index is 13.9. The molecule has 142 valence electrons. The van der Waals surface area contributed by atoms with Crippen LogP contribution in [0.2, 0.25) is 5.02 Å².